The van der Waals surface area contributed by atoms with Crippen LogP contribution in [-0.2, 0) is 4.43 Å². The molecule has 96 valence electrons. The molecular weight excluding hydrogens is 216 g/mol. The smallest absolute Gasteiger partial charge is 0.192 e. The molecule has 0 aromatic rings. The standard InChI is InChI=1S/C13H28O2Si/c1-9-10(2)12(14)11(3)15-16(7,8)13(4,5)6/h9-12,14H,1H2,2-8H3/t10-,11-,12+/m1/s1. The molecule has 0 fully saturated rings. The molecule has 1 N–H and O–H groups in total. The maximum absolute atomic E-state index is 10.0. The predicted molar refractivity (Wildman–Crippen MR) is 73.1 cm³/mol. The van der Waals surface area contributed by atoms with Gasteiger partial charge in [-0.25, -0.2) is 0 Å². The summed E-state index contributed by atoms with van der Waals surface area (Å²) >= 11 is 0. The first kappa shape index (κ1) is 15.9. The van der Waals surface area contributed by atoms with Crippen molar-refractivity contribution in [1.29, 1.82) is 0 Å². The monoisotopic (exact) mass is 244 g/mol. The van der Waals surface area contributed by atoms with Crippen LogP contribution in [0.15, 0.2) is 12.7 Å². The molecule has 0 aliphatic rings. The van der Waals surface area contributed by atoms with E-state index in [0.717, 1.165) is 0 Å². The molecule has 0 unspecified atom stereocenters. The summed E-state index contributed by atoms with van der Waals surface area (Å²) in [4.78, 5) is 0. The summed E-state index contributed by atoms with van der Waals surface area (Å²) in [7, 11) is -1.78. The molecule has 0 amide bonds. The lowest BCUT2D eigenvalue weighted by atomic mass is 10.0. The Morgan fingerprint density at radius 1 is 1.25 bits per heavy atom. The van der Waals surface area contributed by atoms with Gasteiger partial charge in [0.25, 0.3) is 0 Å². The second kappa shape index (κ2) is 5.47. The second-order valence-electron chi connectivity index (χ2n) is 6.17. The van der Waals surface area contributed by atoms with Gasteiger partial charge in [-0.05, 0) is 25.1 Å². The van der Waals surface area contributed by atoms with Gasteiger partial charge < -0.3 is 9.53 Å². The Labute approximate surface area is 102 Å². The molecule has 3 heteroatoms. The van der Waals surface area contributed by atoms with Crippen LogP contribution >= 0.6 is 0 Å². The van der Waals surface area contributed by atoms with E-state index in [4.69, 9.17) is 4.43 Å². The van der Waals surface area contributed by atoms with Crippen molar-refractivity contribution in [2.24, 2.45) is 5.92 Å². The van der Waals surface area contributed by atoms with E-state index in [2.05, 4.69) is 40.4 Å². The van der Waals surface area contributed by atoms with E-state index in [9.17, 15) is 5.11 Å². The zero-order valence-corrected chi connectivity index (χ0v) is 12.9. The normalized spacial score (nSPS) is 19.0. The van der Waals surface area contributed by atoms with Gasteiger partial charge in [0.1, 0.15) is 0 Å². The molecule has 0 spiro atoms. The van der Waals surface area contributed by atoms with Crippen molar-refractivity contribution < 1.29 is 9.53 Å². The highest BCUT2D eigenvalue weighted by Gasteiger charge is 2.39. The van der Waals surface area contributed by atoms with Crippen LogP contribution in [0.5, 0.6) is 0 Å². The second-order valence-corrected chi connectivity index (χ2v) is 10.9. The zero-order valence-electron chi connectivity index (χ0n) is 11.9. The van der Waals surface area contributed by atoms with Crippen molar-refractivity contribution in [1.82, 2.24) is 0 Å². The predicted octanol–water partition coefficient (Wildman–Crippen LogP) is 3.58. The first-order valence-corrected chi connectivity index (χ1v) is 8.92. The maximum atomic E-state index is 10.0. The average molecular weight is 244 g/mol. The third kappa shape index (κ3) is 4.04. The molecular formula is C13H28O2Si. The van der Waals surface area contributed by atoms with Crippen molar-refractivity contribution in [2.75, 3.05) is 0 Å². The highest BCUT2D eigenvalue weighted by atomic mass is 28.4. The van der Waals surface area contributed by atoms with Crippen LogP contribution in [0.2, 0.25) is 18.1 Å². The van der Waals surface area contributed by atoms with Crippen LogP contribution in [-0.4, -0.2) is 25.6 Å². The number of rotatable bonds is 5. The van der Waals surface area contributed by atoms with Crippen LogP contribution < -0.4 is 0 Å². The molecule has 0 rings (SSSR count). The van der Waals surface area contributed by atoms with Gasteiger partial charge in [-0.15, -0.1) is 6.58 Å². The summed E-state index contributed by atoms with van der Waals surface area (Å²) in [6, 6.07) is 0. The highest BCUT2D eigenvalue weighted by Crippen LogP contribution is 2.37. The Morgan fingerprint density at radius 2 is 1.69 bits per heavy atom. The van der Waals surface area contributed by atoms with Gasteiger partial charge in [-0.1, -0.05) is 33.8 Å². The molecule has 3 atom stereocenters. The molecule has 2 nitrogen and oxygen atoms in total. The third-order valence-corrected chi connectivity index (χ3v) is 8.25. The van der Waals surface area contributed by atoms with Gasteiger partial charge >= 0.3 is 0 Å². The minimum absolute atomic E-state index is 0.0692. The van der Waals surface area contributed by atoms with Gasteiger partial charge in [0.05, 0.1) is 12.2 Å². The lowest BCUT2D eigenvalue weighted by molar-refractivity contribution is 0.0169. The van der Waals surface area contributed by atoms with E-state index in [-0.39, 0.29) is 17.1 Å². The van der Waals surface area contributed by atoms with Gasteiger partial charge in [0.2, 0.25) is 0 Å². The molecule has 0 saturated heterocycles. The van der Waals surface area contributed by atoms with Crippen molar-refractivity contribution in [3.8, 4) is 0 Å². The number of aliphatic hydroxyl groups is 1. The number of aliphatic hydroxyl groups excluding tert-OH is 1. The van der Waals surface area contributed by atoms with Crippen molar-refractivity contribution in [3.63, 3.8) is 0 Å². The maximum Gasteiger partial charge on any atom is 0.192 e. The molecule has 0 saturated carbocycles. The fraction of sp³-hybridized carbons (Fsp3) is 0.846. The Balaban J connectivity index is 4.56. The van der Waals surface area contributed by atoms with Gasteiger partial charge in [0.15, 0.2) is 8.32 Å². The van der Waals surface area contributed by atoms with Crippen LogP contribution in [0.4, 0.5) is 0 Å². The van der Waals surface area contributed by atoms with Crippen molar-refractivity contribution in [2.45, 2.75) is 65.0 Å². The molecule has 0 heterocycles. The first-order valence-electron chi connectivity index (χ1n) is 6.01. The van der Waals surface area contributed by atoms with E-state index in [1.54, 1.807) is 6.08 Å². The van der Waals surface area contributed by atoms with E-state index >= 15 is 0 Å². The third-order valence-electron chi connectivity index (χ3n) is 3.68. The van der Waals surface area contributed by atoms with Gasteiger partial charge in [0, 0.05) is 5.92 Å². The summed E-state index contributed by atoms with van der Waals surface area (Å²) in [5, 5.41) is 10.2. The van der Waals surface area contributed by atoms with Crippen LogP contribution in [0.3, 0.4) is 0 Å². The molecule has 0 aliphatic heterocycles. The average Bonchev–Trinajstić information content (AvgIpc) is 2.12. The van der Waals surface area contributed by atoms with Gasteiger partial charge in [-0.2, -0.15) is 0 Å². The summed E-state index contributed by atoms with van der Waals surface area (Å²) in [6.45, 7) is 18.6. The minimum atomic E-state index is -1.78. The molecule has 0 aromatic heterocycles. The molecule has 0 radical (unpaired) electrons. The Hall–Kier alpha value is -0.123. The van der Waals surface area contributed by atoms with Crippen LogP contribution in [0.25, 0.3) is 0 Å². The number of hydrogen-bond donors (Lipinski definition) is 1. The Bertz CT molecular complexity index is 231. The topological polar surface area (TPSA) is 29.5 Å². The van der Waals surface area contributed by atoms with Crippen LogP contribution in [0, 0.1) is 5.92 Å². The first-order chi connectivity index (χ1) is 7.03. The minimum Gasteiger partial charge on any atom is -0.412 e. The summed E-state index contributed by atoms with van der Waals surface area (Å²) < 4.78 is 6.13. The fourth-order valence-corrected chi connectivity index (χ4v) is 2.70. The fourth-order valence-electron chi connectivity index (χ4n) is 1.28. The largest absolute Gasteiger partial charge is 0.412 e. The lowest BCUT2D eigenvalue weighted by Crippen LogP contribution is -2.47. The highest BCUT2D eigenvalue weighted by molar-refractivity contribution is 6.74. The van der Waals surface area contributed by atoms with E-state index in [1.807, 2.05) is 13.8 Å². The quantitative estimate of drug-likeness (QED) is 0.592. The molecule has 0 aromatic carbocycles. The van der Waals surface area contributed by atoms with Crippen molar-refractivity contribution in [3.05, 3.63) is 12.7 Å². The SMILES string of the molecule is C=C[C@@H](C)[C@H](O)[C@@H](C)O[Si](C)(C)C(C)(C)C. The summed E-state index contributed by atoms with van der Waals surface area (Å²) in [6.07, 6.45) is 1.18. The lowest BCUT2D eigenvalue weighted by Gasteiger charge is -2.40. The van der Waals surface area contributed by atoms with E-state index < -0.39 is 14.4 Å². The Kier molecular flexibility index (Phi) is 5.43. The van der Waals surface area contributed by atoms with Crippen molar-refractivity contribution >= 4 is 8.32 Å². The summed E-state index contributed by atoms with van der Waals surface area (Å²) in [5.41, 5.74) is 0. The number of hydrogen-bond acceptors (Lipinski definition) is 2. The molecule has 16 heavy (non-hydrogen) atoms. The van der Waals surface area contributed by atoms with E-state index in [1.165, 1.54) is 0 Å². The van der Waals surface area contributed by atoms with E-state index in [0.29, 0.717) is 0 Å². The Morgan fingerprint density at radius 3 is 2.00 bits per heavy atom. The molecule has 0 bridgehead atoms. The van der Waals surface area contributed by atoms with Gasteiger partial charge in [-0.3, -0.25) is 0 Å². The molecule has 0 aliphatic carbocycles. The van der Waals surface area contributed by atoms with Crippen LogP contribution in [0.1, 0.15) is 34.6 Å². The zero-order chi connectivity index (χ0) is 13.1. The summed E-state index contributed by atoms with van der Waals surface area (Å²) in [5.74, 6) is 0.0692.